The van der Waals surface area contributed by atoms with Gasteiger partial charge in [-0.25, -0.2) is 9.13 Å². The first-order valence-corrected chi connectivity index (χ1v) is 7.84. The van der Waals surface area contributed by atoms with Gasteiger partial charge in [-0.3, -0.25) is 4.52 Å². The average molecular weight is 340 g/mol. The fraction of sp³-hybridized carbons (Fsp3) is 0.833. The lowest BCUT2D eigenvalue weighted by molar-refractivity contribution is -0.136. The summed E-state index contributed by atoms with van der Waals surface area (Å²) in [7, 11) is -10.5. The second kappa shape index (κ2) is 7.69. The van der Waals surface area contributed by atoms with Crippen LogP contribution in [0.2, 0.25) is 0 Å². The van der Waals surface area contributed by atoms with E-state index in [-0.39, 0.29) is 6.29 Å². The summed E-state index contributed by atoms with van der Waals surface area (Å²) < 4.78 is 28.6. The van der Waals surface area contributed by atoms with Gasteiger partial charge in [0, 0.05) is 0 Å². The van der Waals surface area contributed by atoms with Gasteiger partial charge < -0.3 is 39.9 Å². The van der Waals surface area contributed by atoms with Gasteiger partial charge in [0.05, 0.1) is 6.61 Å². The van der Waals surface area contributed by atoms with E-state index in [1.807, 2.05) is 0 Å². The summed E-state index contributed by atoms with van der Waals surface area (Å²) in [6.45, 7) is -1.18. The van der Waals surface area contributed by atoms with Gasteiger partial charge in [0.2, 0.25) is 0 Å². The van der Waals surface area contributed by atoms with Gasteiger partial charge in [-0.2, -0.15) is 4.31 Å². The van der Waals surface area contributed by atoms with E-state index in [4.69, 9.17) is 24.9 Å². The number of aliphatic hydroxyl groups excluding tert-OH is 4. The first kappa shape index (κ1) is 19.8. The zero-order valence-corrected chi connectivity index (χ0v) is 11.4. The maximum absolute atomic E-state index is 11.0. The van der Waals surface area contributed by atoms with Crippen LogP contribution >= 0.6 is 15.6 Å². The smallest absolute Gasteiger partial charge is 0.388 e. The van der Waals surface area contributed by atoms with Crippen molar-refractivity contribution < 1.29 is 57.9 Å². The Morgan fingerprint density at radius 1 is 1.00 bits per heavy atom. The molecule has 0 heterocycles. The van der Waals surface area contributed by atoms with Crippen molar-refractivity contribution in [3.8, 4) is 0 Å². The Bertz CT molecular complexity index is 405. The number of hydrogen-bond donors (Lipinski definition) is 7. The van der Waals surface area contributed by atoms with Crippen LogP contribution in [0.4, 0.5) is 0 Å². The van der Waals surface area contributed by atoms with Gasteiger partial charge in [-0.1, -0.05) is 0 Å². The van der Waals surface area contributed by atoms with E-state index >= 15 is 0 Å². The zero-order valence-electron chi connectivity index (χ0n) is 9.66. The second-order valence-corrected chi connectivity index (χ2v) is 6.34. The molecule has 20 heavy (non-hydrogen) atoms. The Balaban J connectivity index is 4.48. The van der Waals surface area contributed by atoms with Gasteiger partial charge in [0.25, 0.3) is 0 Å². The van der Waals surface area contributed by atoms with Crippen LogP contribution in [0, 0.1) is 0 Å². The van der Waals surface area contributed by atoms with Crippen LogP contribution < -0.4 is 0 Å². The molecule has 0 spiro atoms. The van der Waals surface area contributed by atoms with Crippen LogP contribution in [0.15, 0.2) is 0 Å². The maximum atomic E-state index is 11.0. The van der Waals surface area contributed by atoms with Crippen molar-refractivity contribution in [2.75, 3.05) is 6.61 Å². The van der Waals surface area contributed by atoms with Gasteiger partial charge in [-0.05, 0) is 0 Å². The molecule has 0 aromatic heterocycles. The van der Waals surface area contributed by atoms with Crippen molar-refractivity contribution in [3.05, 3.63) is 0 Å². The van der Waals surface area contributed by atoms with Crippen LogP contribution in [0.1, 0.15) is 0 Å². The number of carbonyl (C=O) groups is 1. The summed E-state index contributed by atoms with van der Waals surface area (Å²) in [5, 5.41) is 36.5. The zero-order chi connectivity index (χ0) is 16.1. The number of aldehydes is 1. The lowest BCUT2D eigenvalue weighted by Gasteiger charge is -2.24. The van der Waals surface area contributed by atoms with E-state index in [1.54, 1.807) is 0 Å². The largest absolute Gasteiger partial charge is 0.481 e. The van der Waals surface area contributed by atoms with E-state index in [1.165, 1.54) is 0 Å². The summed E-state index contributed by atoms with van der Waals surface area (Å²) in [6, 6.07) is 0. The van der Waals surface area contributed by atoms with Gasteiger partial charge in [0.15, 0.2) is 6.29 Å². The number of carbonyl (C=O) groups excluding carboxylic acids is 1. The van der Waals surface area contributed by atoms with E-state index in [2.05, 4.69) is 8.83 Å². The van der Waals surface area contributed by atoms with E-state index in [0.29, 0.717) is 0 Å². The Hall–Kier alpha value is -0.230. The highest BCUT2D eigenvalue weighted by Gasteiger charge is 2.36. The van der Waals surface area contributed by atoms with Crippen LogP contribution in [-0.4, -0.2) is 72.4 Å². The first-order chi connectivity index (χ1) is 8.89. The van der Waals surface area contributed by atoms with Gasteiger partial charge >= 0.3 is 15.6 Å². The van der Waals surface area contributed by atoms with Crippen molar-refractivity contribution in [3.63, 3.8) is 0 Å². The average Bonchev–Trinajstić information content (AvgIpc) is 2.30. The fourth-order valence-electron chi connectivity index (χ4n) is 0.937. The highest BCUT2D eigenvalue weighted by atomic mass is 31.3. The molecule has 0 amide bonds. The van der Waals surface area contributed by atoms with E-state index in [9.17, 15) is 24.1 Å². The Kier molecular flexibility index (Phi) is 7.60. The monoisotopic (exact) mass is 340 g/mol. The standard InChI is InChI=1S/C6H14O12P2/c7-1-3(8)5(10)6(11)4(9)2-17-20(15,16)18-19(12,13)14/h1,3-6,8-11H,2H2,(H,15,16)(H2,12,13,14)/t3-,4-,5-,6-/m1/s1. The van der Waals surface area contributed by atoms with Crippen molar-refractivity contribution >= 4 is 21.9 Å². The number of aliphatic hydroxyl groups is 4. The lowest BCUT2D eigenvalue weighted by Crippen LogP contribution is -2.46. The maximum Gasteiger partial charge on any atom is 0.481 e. The predicted octanol–water partition coefficient (Wildman–Crippen LogP) is -3.14. The molecule has 12 nitrogen and oxygen atoms in total. The molecule has 0 rings (SSSR count). The molecule has 0 aliphatic rings. The Morgan fingerprint density at radius 3 is 1.90 bits per heavy atom. The van der Waals surface area contributed by atoms with Crippen molar-refractivity contribution in [1.29, 1.82) is 0 Å². The molecular weight excluding hydrogens is 326 g/mol. The molecule has 7 N–H and O–H groups in total. The summed E-state index contributed by atoms with van der Waals surface area (Å²) in [5.41, 5.74) is 0. The minimum absolute atomic E-state index is 0.130. The van der Waals surface area contributed by atoms with Gasteiger partial charge in [-0.15, -0.1) is 0 Å². The predicted molar refractivity (Wildman–Crippen MR) is 59.0 cm³/mol. The summed E-state index contributed by atoms with van der Waals surface area (Å²) in [4.78, 5) is 35.5. The third kappa shape index (κ3) is 7.53. The van der Waals surface area contributed by atoms with Crippen LogP contribution in [0.3, 0.4) is 0 Å². The molecule has 0 fully saturated rings. The molecule has 0 saturated carbocycles. The lowest BCUT2D eigenvalue weighted by atomic mass is 10.0. The van der Waals surface area contributed by atoms with Gasteiger partial charge in [0.1, 0.15) is 24.4 Å². The molecule has 0 bridgehead atoms. The Labute approximate surface area is 112 Å². The third-order valence-corrected chi connectivity index (χ3v) is 4.00. The molecule has 5 atom stereocenters. The second-order valence-electron chi connectivity index (χ2n) is 3.51. The molecule has 120 valence electrons. The molecule has 0 aliphatic heterocycles. The van der Waals surface area contributed by atoms with Crippen molar-refractivity contribution in [1.82, 2.24) is 0 Å². The minimum atomic E-state index is -5.33. The normalized spacial score (nSPS) is 21.6. The van der Waals surface area contributed by atoms with Crippen LogP contribution in [0.5, 0.6) is 0 Å². The van der Waals surface area contributed by atoms with Crippen molar-refractivity contribution in [2.24, 2.45) is 0 Å². The highest BCUT2D eigenvalue weighted by Crippen LogP contribution is 2.57. The number of phosphoric ester groups is 1. The van der Waals surface area contributed by atoms with E-state index < -0.39 is 46.7 Å². The quantitative estimate of drug-likeness (QED) is 0.164. The molecule has 0 aromatic carbocycles. The molecule has 1 unspecified atom stereocenters. The molecule has 0 aromatic rings. The molecule has 0 saturated heterocycles. The Morgan fingerprint density at radius 2 is 1.50 bits per heavy atom. The number of phosphoric acid groups is 2. The molecule has 0 aliphatic carbocycles. The van der Waals surface area contributed by atoms with E-state index in [0.717, 1.165) is 0 Å². The molecule has 0 radical (unpaired) electrons. The van der Waals surface area contributed by atoms with Crippen molar-refractivity contribution in [2.45, 2.75) is 24.4 Å². The summed E-state index contributed by atoms with van der Waals surface area (Å²) >= 11 is 0. The third-order valence-electron chi connectivity index (χ3n) is 1.85. The van der Waals surface area contributed by atoms with Crippen LogP contribution in [0.25, 0.3) is 0 Å². The number of hydrogen-bond acceptors (Lipinski definition) is 9. The van der Waals surface area contributed by atoms with Crippen LogP contribution in [-0.2, 0) is 22.8 Å². The summed E-state index contributed by atoms with van der Waals surface area (Å²) in [5.74, 6) is 0. The number of rotatable bonds is 9. The minimum Gasteiger partial charge on any atom is -0.388 e. The highest BCUT2D eigenvalue weighted by molar-refractivity contribution is 7.60. The summed E-state index contributed by atoms with van der Waals surface area (Å²) in [6.07, 6.45) is -8.44. The SMILES string of the molecule is O=C[C@@H](O)[C@@H](O)[C@H](O)[C@H](O)COP(=O)(O)OP(=O)(O)O. The molecule has 14 heteroatoms. The molecular formula is C6H14O12P2. The topological polar surface area (TPSA) is 211 Å². The fourth-order valence-corrected chi connectivity index (χ4v) is 2.54. The first-order valence-electron chi connectivity index (χ1n) is 4.81.